The van der Waals surface area contributed by atoms with E-state index in [2.05, 4.69) is 54.8 Å². The molecule has 2 aromatic carbocycles. The Morgan fingerprint density at radius 1 is 0.889 bits per heavy atom. The molecule has 0 radical (unpaired) electrons. The summed E-state index contributed by atoms with van der Waals surface area (Å²) in [6, 6.07) is 20.4. The Morgan fingerprint density at radius 3 is 2.33 bits per heavy atom. The maximum Gasteiger partial charge on any atom is 0.163 e. The van der Waals surface area contributed by atoms with Crippen LogP contribution in [0, 0.1) is 0 Å². The zero-order valence-electron chi connectivity index (χ0n) is 16.2. The minimum Gasteiger partial charge on any atom is -0.369 e. The predicted octanol–water partition coefficient (Wildman–Crippen LogP) is 4.42. The van der Waals surface area contributed by atoms with Crippen LogP contribution in [-0.4, -0.2) is 42.1 Å². The lowest BCUT2D eigenvalue weighted by molar-refractivity contribution is 0.425. The molecule has 27 heavy (non-hydrogen) atoms. The number of aryl methyl sites for hydroxylation is 1. The third kappa shape index (κ3) is 5.28. The molecular weight excluding hydrogens is 334 g/mol. The molecule has 0 aliphatic carbocycles. The molecule has 0 bridgehead atoms. The molecule has 0 atom stereocenters. The Hall–Kier alpha value is -2.92. The molecule has 3 aromatic rings. The molecule has 140 valence electrons. The summed E-state index contributed by atoms with van der Waals surface area (Å²) < 4.78 is 0. The molecule has 0 spiro atoms. The van der Waals surface area contributed by atoms with E-state index in [1.165, 1.54) is 5.56 Å². The summed E-state index contributed by atoms with van der Waals surface area (Å²) in [5, 5.41) is 6.88. The molecule has 3 rings (SSSR count). The third-order valence-electron chi connectivity index (χ3n) is 4.28. The first-order valence-electron chi connectivity index (χ1n) is 9.33. The molecule has 0 fully saturated rings. The van der Waals surface area contributed by atoms with Gasteiger partial charge in [-0.2, -0.15) is 0 Å². The minimum atomic E-state index is 0.710. The van der Waals surface area contributed by atoms with E-state index in [0.29, 0.717) is 5.82 Å². The van der Waals surface area contributed by atoms with Gasteiger partial charge in [0.1, 0.15) is 11.6 Å². The number of para-hydroxylation sites is 1. The standard InChI is InChI=1S/C22H27N5/c1-4-17-10-8-9-13-19(17)24-21-16-20(23-14-15-27(2)3)25-22(26-21)18-11-6-5-7-12-18/h5-13,16H,4,14-15H2,1-3H3,(H2,23,24,25,26). The molecule has 0 saturated carbocycles. The number of benzene rings is 2. The second kappa shape index (κ2) is 9.14. The van der Waals surface area contributed by atoms with Gasteiger partial charge in [0.2, 0.25) is 0 Å². The second-order valence-corrected chi connectivity index (χ2v) is 6.69. The summed E-state index contributed by atoms with van der Waals surface area (Å²) in [5.41, 5.74) is 3.34. The Balaban J connectivity index is 1.91. The number of anilines is 3. The van der Waals surface area contributed by atoms with Crippen molar-refractivity contribution < 1.29 is 0 Å². The number of hydrogen-bond donors (Lipinski definition) is 2. The SMILES string of the molecule is CCc1ccccc1Nc1cc(NCCN(C)C)nc(-c2ccccc2)n1. The van der Waals surface area contributed by atoms with E-state index < -0.39 is 0 Å². The van der Waals surface area contributed by atoms with Crippen molar-refractivity contribution in [3.63, 3.8) is 0 Å². The van der Waals surface area contributed by atoms with E-state index >= 15 is 0 Å². The normalized spacial score (nSPS) is 10.8. The maximum absolute atomic E-state index is 4.74. The Morgan fingerprint density at radius 2 is 1.59 bits per heavy atom. The van der Waals surface area contributed by atoms with Crippen molar-refractivity contribution in [1.29, 1.82) is 0 Å². The van der Waals surface area contributed by atoms with Gasteiger partial charge in [-0.3, -0.25) is 0 Å². The molecule has 0 amide bonds. The summed E-state index contributed by atoms with van der Waals surface area (Å²) in [6.45, 7) is 3.92. The first-order valence-corrected chi connectivity index (χ1v) is 9.33. The first kappa shape index (κ1) is 18.9. The van der Waals surface area contributed by atoms with Crippen molar-refractivity contribution in [1.82, 2.24) is 14.9 Å². The lowest BCUT2D eigenvalue weighted by Gasteiger charge is -2.14. The quantitative estimate of drug-likeness (QED) is 0.622. The summed E-state index contributed by atoms with van der Waals surface area (Å²) in [5.74, 6) is 2.32. The van der Waals surface area contributed by atoms with Crippen LogP contribution in [-0.2, 0) is 6.42 Å². The first-order chi connectivity index (χ1) is 13.2. The van der Waals surface area contributed by atoms with Crippen LogP contribution in [0.4, 0.5) is 17.3 Å². The lowest BCUT2D eigenvalue weighted by Crippen LogP contribution is -2.21. The molecule has 0 unspecified atom stereocenters. The van der Waals surface area contributed by atoms with Crippen molar-refractivity contribution in [3.8, 4) is 11.4 Å². The Bertz CT molecular complexity index is 862. The minimum absolute atomic E-state index is 0.710. The topological polar surface area (TPSA) is 53.1 Å². The number of rotatable bonds is 8. The third-order valence-corrected chi connectivity index (χ3v) is 4.28. The summed E-state index contributed by atoms with van der Waals surface area (Å²) in [6.07, 6.45) is 0.966. The van der Waals surface area contributed by atoms with Gasteiger partial charge in [0.05, 0.1) is 0 Å². The number of nitrogens with one attached hydrogen (secondary N) is 2. The highest BCUT2D eigenvalue weighted by Crippen LogP contribution is 2.24. The smallest absolute Gasteiger partial charge is 0.163 e. The maximum atomic E-state index is 4.74. The van der Waals surface area contributed by atoms with Crippen LogP contribution in [0.2, 0.25) is 0 Å². The molecule has 5 heteroatoms. The van der Waals surface area contributed by atoms with Crippen LogP contribution in [0.3, 0.4) is 0 Å². The van der Waals surface area contributed by atoms with Crippen LogP contribution >= 0.6 is 0 Å². The van der Waals surface area contributed by atoms with Crippen LogP contribution < -0.4 is 10.6 Å². The zero-order chi connectivity index (χ0) is 19.1. The summed E-state index contributed by atoms with van der Waals surface area (Å²) in [7, 11) is 4.12. The summed E-state index contributed by atoms with van der Waals surface area (Å²) >= 11 is 0. The van der Waals surface area contributed by atoms with Gasteiger partial charge in [-0.15, -0.1) is 0 Å². The molecular formula is C22H27N5. The highest BCUT2D eigenvalue weighted by atomic mass is 15.1. The van der Waals surface area contributed by atoms with Gasteiger partial charge in [0.15, 0.2) is 5.82 Å². The molecule has 1 heterocycles. The van der Waals surface area contributed by atoms with Crippen LogP contribution in [0.25, 0.3) is 11.4 Å². The van der Waals surface area contributed by atoms with Gasteiger partial charge >= 0.3 is 0 Å². The highest BCUT2D eigenvalue weighted by molar-refractivity contribution is 5.66. The highest BCUT2D eigenvalue weighted by Gasteiger charge is 2.09. The molecule has 0 aliphatic heterocycles. The second-order valence-electron chi connectivity index (χ2n) is 6.69. The van der Waals surface area contributed by atoms with Crippen LogP contribution in [0.15, 0.2) is 60.7 Å². The molecule has 0 aliphatic rings. The van der Waals surface area contributed by atoms with E-state index in [9.17, 15) is 0 Å². The fourth-order valence-electron chi connectivity index (χ4n) is 2.81. The predicted molar refractivity (Wildman–Crippen MR) is 114 cm³/mol. The van der Waals surface area contributed by atoms with Gasteiger partial charge in [-0.05, 0) is 32.1 Å². The molecule has 2 N–H and O–H groups in total. The van der Waals surface area contributed by atoms with E-state index in [4.69, 9.17) is 9.97 Å². The molecule has 0 saturated heterocycles. The van der Waals surface area contributed by atoms with Gasteiger partial charge in [0.25, 0.3) is 0 Å². The van der Waals surface area contributed by atoms with Gasteiger partial charge in [-0.25, -0.2) is 9.97 Å². The monoisotopic (exact) mass is 361 g/mol. The summed E-state index contributed by atoms with van der Waals surface area (Å²) in [4.78, 5) is 11.6. The van der Waals surface area contributed by atoms with E-state index in [1.54, 1.807) is 0 Å². The zero-order valence-corrected chi connectivity index (χ0v) is 16.2. The largest absolute Gasteiger partial charge is 0.369 e. The molecule has 1 aromatic heterocycles. The lowest BCUT2D eigenvalue weighted by atomic mass is 10.1. The Labute approximate surface area is 161 Å². The van der Waals surface area contributed by atoms with Crippen molar-refractivity contribution in [2.75, 3.05) is 37.8 Å². The van der Waals surface area contributed by atoms with E-state index in [-0.39, 0.29) is 0 Å². The fourth-order valence-corrected chi connectivity index (χ4v) is 2.81. The van der Waals surface area contributed by atoms with Crippen LogP contribution in [0.5, 0.6) is 0 Å². The van der Waals surface area contributed by atoms with Gasteiger partial charge < -0.3 is 15.5 Å². The average molecular weight is 361 g/mol. The van der Waals surface area contributed by atoms with E-state index in [0.717, 1.165) is 42.4 Å². The number of aromatic nitrogens is 2. The average Bonchev–Trinajstić information content (AvgIpc) is 2.69. The van der Waals surface area contributed by atoms with Gasteiger partial charge in [0, 0.05) is 30.4 Å². The fraction of sp³-hybridized carbons (Fsp3) is 0.273. The molecule has 5 nitrogen and oxygen atoms in total. The van der Waals surface area contributed by atoms with Crippen LogP contribution in [0.1, 0.15) is 12.5 Å². The van der Waals surface area contributed by atoms with Gasteiger partial charge in [-0.1, -0.05) is 55.5 Å². The van der Waals surface area contributed by atoms with Crippen molar-refractivity contribution in [2.24, 2.45) is 0 Å². The number of likely N-dealkylation sites (N-methyl/N-ethyl adjacent to an activating group) is 1. The van der Waals surface area contributed by atoms with E-state index in [1.807, 2.05) is 42.5 Å². The van der Waals surface area contributed by atoms with Crippen molar-refractivity contribution >= 4 is 17.3 Å². The van der Waals surface area contributed by atoms with Crippen molar-refractivity contribution in [2.45, 2.75) is 13.3 Å². The number of nitrogens with zero attached hydrogens (tertiary/aromatic N) is 3. The van der Waals surface area contributed by atoms with Crippen molar-refractivity contribution in [3.05, 3.63) is 66.2 Å². The number of hydrogen-bond acceptors (Lipinski definition) is 5. The Kier molecular flexibility index (Phi) is 6.39.